The first-order valence-electron chi connectivity index (χ1n) is 31.1. The molecule has 6 rings (SSSR count). The number of ether oxygens (including phenoxy) is 1. The van der Waals surface area contributed by atoms with Crippen molar-refractivity contribution < 1.29 is 72.5 Å². The zero-order valence-electron chi connectivity index (χ0n) is 54.9. The molecule has 0 spiro atoms. The SMILES string of the molecule is Cc1ccc(O)c(Cc2cnc(NCCCNC(=O)[C@H](C)NC(=O)[C@H](C)NC(=O)[C@H](C)NC(=O)[C@H](C)NC(=O)CNC(=O)[C@H](C)NC(=O)[C@H](C)NC(=O)C(NC(=O)[C@H](C)NC(=O)[C@H](C)NC(=O)[C@H](C)NC(=O)OCC3c4ccccc4-c4ccccc43)c3ccc(O)cc3)s2)c1. The number of hydrogen-bond donors (Lipinski definition) is 15. The first kappa shape index (κ1) is 74.4. The number of nitrogens with zero attached hydrogens (tertiary/aromatic N) is 1. The van der Waals surface area contributed by atoms with Crippen molar-refractivity contribution in [1.29, 1.82) is 0 Å². The predicted octanol–water partition coefficient (Wildman–Crippen LogP) is 1.31. The fourth-order valence-corrected chi connectivity index (χ4v) is 10.6. The van der Waals surface area contributed by atoms with Crippen molar-refractivity contribution in [1.82, 2.24) is 68.8 Å². The van der Waals surface area contributed by atoms with Crippen LogP contribution in [0.5, 0.6) is 11.5 Å². The molecular weight excluding hydrogens is 1260 g/mol. The van der Waals surface area contributed by atoms with Gasteiger partial charge >= 0.3 is 6.09 Å². The van der Waals surface area contributed by atoms with Gasteiger partial charge in [-0.15, -0.1) is 11.3 Å². The first-order valence-corrected chi connectivity index (χ1v) is 32.0. The lowest BCUT2D eigenvalue weighted by molar-refractivity contribution is -0.135. The number of carbonyl (C=O) groups is 12. The molecule has 12 amide bonds. The number of phenols is 2. The molecule has 0 radical (unpaired) electrons. The lowest BCUT2D eigenvalue weighted by Gasteiger charge is -2.25. The molecule has 0 aliphatic heterocycles. The van der Waals surface area contributed by atoms with Crippen LogP contribution in [0.2, 0.25) is 0 Å². The number of aromatic hydroxyl groups is 2. The van der Waals surface area contributed by atoms with E-state index in [0.717, 1.165) is 38.3 Å². The number of carbonyl (C=O) groups excluding carboxylic acids is 12. The first-order chi connectivity index (χ1) is 45.5. The highest BCUT2D eigenvalue weighted by Gasteiger charge is 2.33. The van der Waals surface area contributed by atoms with Crippen molar-refractivity contribution in [2.75, 3.05) is 31.6 Å². The van der Waals surface area contributed by atoms with Crippen molar-refractivity contribution >= 4 is 87.5 Å². The third kappa shape index (κ3) is 21.7. The fourth-order valence-electron chi connectivity index (χ4n) is 9.74. The maximum atomic E-state index is 13.8. The Morgan fingerprint density at radius 2 is 0.927 bits per heavy atom. The molecule has 96 heavy (non-hydrogen) atoms. The smallest absolute Gasteiger partial charge is 0.407 e. The van der Waals surface area contributed by atoms with E-state index in [-0.39, 0.29) is 29.6 Å². The largest absolute Gasteiger partial charge is 0.508 e. The second kappa shape index (κ2) is 35.0. The Balaban J connectivity index is 0.853. The predicted molar refractivity (Wildman–Crippen MR) is 354 cm³/mol. The van der Waals surface area contributed by atoms with Crippen molar-refractivity contribution in [3.63, 3.8) is 0 Å². The molecule has 30 heteroatoms. The number of benzene rings is 4. The van der Waals surface area contributed by atoms with Gasteiger partial charge in [-0.25, -0.2) is 9.78 Å². The van der Waals surface area contributed by atoms with Crippen LogP contribution in [0.3, 0.4) is 0 Å². The summed E-state index contributed by atoms with van der Waals surface area (Å²) in [7, 11) is 0. The maximum Gasteiger partial charge on any atom is 0.407 e. The number of thiazole rings is 1. The van der Waals surface area contributed by atoms with E-state index in [4.69, 9.17) is 4.74 Å². The number of phenolic OH excluding ortho intramolecular Hbond substituents is 2. The van der Waals surface area contributed by atoms with Crippen LogP contribution in [0.15, 0.2) is 97.2 Å². The van der Waals surface area contributed by atoms with Crippen LogP contribution in [0, 0.1) is 6.92 Å². The lowest BCUT2D eigenvalue weighted by Crippen LogP contribution is -2.57. The second-order valence-corrected chi connectivity index (χ2v) is 24.5. The molecule has 0 bridgehead atoms. The van der Waals surface area contributed by atoms with Crippen molar-refractivity contribution in [3.05, 3.63) is 130 Å². The molecule has 29 nitrogen and oxygen atoms in total. The second-order valence-electron chi connectivity index (χ2n) is 23.4. The molecule has 4 aromatic carbocycles. The topological polar surface area (TPSA) is 424 Å². The minimum absolute atomic E-state index is 0.00831. The van der Waals surface area contributed by atoms with Gasteiger partial charge < -0.3 is 84.1 Å². The number of aryl methyl sites for hydroxylation is 1. The van der Waals surface area contributed by atoms with E-state index >= 15 is 0 Å². The number of fused-ring (bicyclic) bond motifs is 3. The maximum absolute atomic E-state index is 13.8. The molecule has 10 atom stereocenters. The van der Waals surface area contributed by atoms with Crippen LogP contribution >= 0.6 is 11.3 Å². The molecule has 1 heterocycles. The van der Waals surface area contributed by atoms with Gasteiger partial charge in [0.15, 0.2) is 5.13 Å². The molecule has 1 aliphatic rings. The van der Waals surface area contributed by atoms with Crippen LogP contribution in [0.25, 0.3) is 11.1 Å². The molecular formula is C66H84N14O15S. The van der Waals surface area contributed by atoms with E-state index < -0.39 is 138 Å². The molecule has 5 aromatic rings. The Bertz CT molecular complexity index is 3620. The monoisotopic (exact) mass is 1340 g/mol. The average Bonchev–Trinajstić information content (AvgIpc) is 1.62. The van der Waals surface area contributed by atoms with Gasteiger partial charge in [0.2, 0.25) is 65.0 Å². The van der Waals surface area contributed by atoms with E-state index in [9.17, 15) is 67.7 Å². The number of amides is 12. The summed E-state index contributed by atoms with van der Waals surface area (Å²) >= 11 is 1.46. The van der Waals surface area contributed by atoms with E-state index in [2.05, 4.69) is 74.1 Å². The van der Waals surface area contributed by atoms with E-state index in [0.29, 0.717) is 31.1 Å². The van der Waals surface area contributed by atoms with Gasteiger partial charge in [-0.3, -0.25) is 52.7 Å². The molecule has 1 aromatic heterocycles. The van der Waals surface area contributed by atoms with E-state index in [1.807, 2.05) is 67.6 Å². The van der Waals surface area contributed by atoms with Gasteiger partial charge in [0.1, 0.15) is 78.5 Å². The third-order valence-electron chi connectivity index (χ3n) is 15.4. The highest BCUT2D eigenvalue weighted by molar-refractivity contribution is 7.15. The minimum Gasteiger partial charge on any atom is -0.508 e. The van der Waals surface area contributed by atoms with Crippen molar-refractivity contribution in [2.45, 2.75) is 148 Å². The standard InChI is InChI=1S/C66H84N14O15S/c1-33-20-25-52(82)44(28-33)29-46-30-70-65(96-46)68-27-15-26-67-55(84)34(2)72-58(87)37(5)75-59(88)38(6)74-57(86)36(4)71-53(83)31-69-56(85)35(3)73-61(90)40(8)78-64(93)54(43-21-23-45(81)24-22-43)80-63(92)41(9)77-60(89)39(7)76-62(91)42(10)79-66(94)95-32-51-49-18-13-11-16-47(49)48-17-12-14-19-50(48)51/h11-14,16-25,28,30,34-42,51,54,81-82H,15,26-27,29,31-32H2,1-10H3,(H,67,84)(H,68,70)(H,69,85)(H,71,83)(H,72,87)(H,73,90)(H,74,86)(H,75,88)(H,76,91)(H,77,89)(H,78,93)(H,79,94)(H,80,92)/t34-,35-,36-,37-,38-,39-,40-,41-,42-,54?/m0/s1. The highest BCUT2D eigenvalue weighted by Crippen LogP contribution is 2.44. The summed E-state index contributed by atoms with van der Waals surface area (Å²) in [6.07, 6.45) is 1.97. The molecule has 0 fully saturated rings. The minimum atomic E-state index is -1.51. The Labute approximate surface area is 559 Å². The summed E-state index contributed by atoms with van der Waals surface area (Å²) in [6.45, 7) is 14.3. The summed E-state index contributed by atoms with van der Waals surface area (Å²) in [5, 5.41) is 53.7. The van der Waals surface area contributed by atoms with Gasteiger partial charge in [0.25, 0.3) is 0 Å². The summed E-state index contributed by atoms with van der Waals surface area (Å²) in [4.78, 5) is 163. The summed E-state index contributed by atoms with van der Waals surface area (Å²) in [5.74, 6) is -8.68. The zero-order chi connectivity index (χ0) is 70.5. The Morgan fingerprint density at radius 3 is 1.44 bits per heavy atom. The van der Waals surface area contributed by atoms with Crippen molar-refractivity contribution in [2.24, 2.45) is 0 Å². The number of anilines is 1. The van der Waals surface area contributed by atoms with Gasteiger partial charge in [0, 0.05) is 36.5 Å². The van der Waals surface area contributed by atoms with Gasteiger partial charge in [-0.1, -0.05) is 78.4 Å². The van der Waals surface area contributed by atoms with Crippen LogP contribution < -0.4 is 69.1 Å². The summed E-state index contributed by atoms with van der Waals surface area (Å²) in [6, 6.07) is 13.9. The number of alkyl carbamates (subject to hydrolysis) is 1. The normalized spacial score (nSPS) is 14.5. The number of hydrogen-bond acceptors (Lipinski definition) is 18. The lowest BCUT2D eigenvalue weighted by atomic mass is 9.98. The van der Waals surface area contributed by atoms with Crippen LogP contribution in [-0.2, 0) is 63.9 Å². The average molecular weight is 1350 g/mol. The molecule has 1 aliphatic carbocycles. The zero-order valence-corrected chi connectivity index (χ0v) is 55.7. The molecule has 0 saturated heterocycles. The van der Waals surface area contributed by atoms with Gasteiger partial charge in [0.05, 0.1) is 6.54 Å². The van der Waals surface area contributed by atoms with Crippen LogP contribution in [0.1, 0.15) is 113 Å². The number of rotatable bonds is 32. The quantitative estimate of drug-likeness (QED) is 0.0270. The summed E-state index contributed by atoms with van der Waals surface area (Å²) < 4.78 is 5.54. The Kier molecular flexibility index (Phi) is 27.1. The fraction of sp³-hybridized carbons (Fsp3) is 0.409. The number of nitrogens with one attached hydrogen (secondary N) is 13. The highest BCUT2D eigenvalue weighted by atomic mass is 32.1. The molecule has 514 valence electrons. The van der Waals surface area contributed by atoms with Crippen LogP contribution in [-0.4, -0.2) is 167 Å². The van der Waals surface area contributed by atoms with E-state index in [1.165, 1.54) is 97.9 Å². The molecule has 15 N–H and O–H groups in total. The Morgan fingerprint density at radius 1 is 0.490 bits per heavy atom. The molecule has 1 unspecified atom stereocenters. The summed E-state index contributed by atoms with van der Waals surface area (Å²) in [5.41, 5.74) is 6.09. The Hall–Kier alpha value is -10.7. The van der Waals surface area contributed by atoms with E-state index in [1.54, 1.807) is 12.3 Å². The van der Waals surface area contributed by atoms with Crippen molar-refractivity contribution in [3.8, 4) is 22.6 Å². The van der Waals surface area contributed by atoms with Crippen LogP contribution in [0.4, 0.5) is 9.93 Å². The van der Waals surface area contributed by atoms with Gasteiger partial charge in [-0.05, 0) is 127 Å². The molecule has 0 saturated carbocycles. The number of aromatic nitrogens is 1. The third-order valence-corrected chi connectivity index (χ3v) is 16.3. The van der Waals surface area contributed by atoms with Gasteiger partial charge in [-0.2, -0.15) is 0 Å².